The van der Waals surface area contributed by atoms with Crippen LogP contribution in [0.1, 0.15) is 35.9 Å². The summed E-state index contributed by atoms with van der Waals surface area (Å²) in [6.07, 6.45) is 6.52. The average Bonchev–Trinajstić information content (AvgIpc) is 3.27. The molecule has 2 heterocycles. The third kappa shape index (κ3) is 6.33. The number of benzene rings is 1. The van der Waals surface area contributed by atoms with Crippen LogP contribution in [0.2, 0.25) is 0 Å². The number of hydrogen-bond donors (Lipinski definition) is 3. The first-order chi connectivity index (χ1) is 15.5. The number of aromatic nitrogens is 3. The van der Waals surface area contributed by atoms with Crippen LogP contribution < -0.4 is 16.2 Å². The van der Waals surface area contributed by atoms with Gasteiger partial charge in [-0.15, -0.1) is 0 Å². The van der Waals surface area contributed by atoms with E-state index < -0.39 is 0 Å². The molecule has 2 aromatic heterocycles. The average molecular weight is 436 g/mol. The zero-order valence-corrected chi connectivity index (χ0v) is 19.1. The number of aromatic amines is 1. The van der Waals surface area contributed by atoms with Crippen LogP contribution in [0.25, 0.3) is 0 Å². The minimum atomic E-state index is -0.188. The van der Waals surface area contributed by atoms with Gasteiger partial charge in [0.05, 0.1) is 6.20 Å². The summed E-state index contributed by atoms with van der Waals surface area (Å²) < 4.78 is 1.48. The first-order valence-corrected chi connectivity index (χ1v) is 11.2. The van der Waals surface area contributed by atoms with Gasteiger partial charge in [0, 0.05) is 25.0 Å². The van der Waals surface area contributed by atoms with E-state index in [4.69, 9.17) is 0 Å². The number of carbonyl (C=O) groups excluding carboxylic acids is 1. The smallest absolute Gasteiger partial charge is 0.274 e. The van der Waals surface area contributed by atoms with Crippen molar-refractivity contribution >= 4 is 11.6 Å². The van der Waals surface area contributed by atoms with Crippen molar-refractivity contribution in [3.63, 3.8) is 0 Å². The Morgan fingerprint density at radius 3 is 2.75 bits per heavy atom. The first-order valence-electron chi connectivity index (χ1n) is 11.2. The molecule has 3 N–H and O–H groups in total. The molecule has 7 heteroatoms. The van der Waals surface area contributed by atoms with E-state index in [0.717, 1.165) is 18.0 Å². The third-order valence-corrected chi connectivity index (χ3v) is 5.81. The molecule has 7 nitrogen and oxygen atoms in total. The molecular weight excluding hydrogens is 402 g/mol. The number of likely N-dealkylation sites (N-methyl/N-ethyl adjacent to an activating group) is 1. The number of fused-ring (bicyclic) bond motifs is 1. The summed E-state index contributed by atoms with van der Waals surface area (Å²) >= 11 is 0. The number of nitrogens with one attached hydrogen (secondary N) is 3. The third-order valence-electron chi connectivity index (χ3n) is 5.81. The molecule has 170 valence electrons. The standard InChI is InChI=1S/C17H21N3O2.C8H12N2/c1-13-8-9-15(17(22)20(13)12-16(21)18-2)19-11-10-14-6-4-3-5-7-14;1-6-2-3-8-7(4-6)5-9-10-8/h3-9,19H,10-12H2,1-2H3,(H,18,21);5-6H,2-4H2,1H3,(H,9,10). The molecular formula is C25H33N5O2. The number of aryl methyl sites for hydroxylation is 2. The fraction of sp³-hybridized carbons (Fsp3) is 0.400. The number of amides is 1. The predicted molar refractivity (Wildman–Crippen MR) is 128 cm³/mol. The maximum absolute atomic E-state index is 12.4. The number of carbonyl (C=O) groups is 1. The number of rotatable bonds is 6. The molecule has 0 radical (unpaired) electrons. The van der Waals surface area contributed by atoms with Crippen LogP contribution in [0.4, 0.5) is 5.69 Å². The van der Waals surface area contributed by atoms with Crippen LogP contribution in [0.15, 0.2) is 53.5 Å². The van der Waals surface area contributed by atoms with Gasteiger partial charge in [0.2, 0.25) is 5.91 Å². The lowest BCUT2D eigenvalue weighted by Gasteiger charge is -2.16. The van der Waals surface area contributed by atoms with Crippen LogP contribution in [-0.4, -0.2) is 34.3 Å². The second-order valence-corrected chi connectivity index (χ2v) is 8.34. The van der Waals surface area contributed by atoms with Crippen molar-refractivity contribution in [2.24, 2.45) is 5.92 Å². The molecule has 1 aliphatic rings. The van der Waals surface area contributed by atoms with E-state index in [1.54, 1.807) is 13.1 Å². The summed E-state index contributed by atoms with van der Waals surface area (Å²) in [5.41, 5.74) is 5.12. The maximum Gasteiger partial charge on any atom is 0.274 e. The summed E-state index contributed by atoms with van der Waals surface area (Å²) in [6, 6.07) is 13.7. The number of H-pyrrole nitrogens is 1. The number of anilines is 1. The van der Waals surface area contributed by atoms with E-state index in [9.17, 15) is 9.59 Å². The normalized spacial score (nSPS) is 14.7. The van der Waals surface area contributed by atoms with Gasteiger partial charge < -0.3 is 15.2 Å². The zero-order valence-electron chi connectivity index (χ0n) is 19.1. The van der Waals surface area contributed by atoms with Gasteiger partial charge in [-0.1, -0.05) is 37.3 Å². The van der Waals surface area contributed by atoms with Crippen LogP contribution in [0.5, 0.6) is 0 Å². The van der Waals surface area contributed by atoms with Gasteiger partial charge in [0.25, 0.3) is 5.56 Å². The fourth-order valence-electron chi connectivity index (χ4n) is 3.81. The van der Waals surface area contributed by atoms with E-state index >= 15 is 0 Å². The molecule has 3 aromatic rings. The predicted octanol–water partition coefficient (Wildman–Crippen LogP) is 3.09. The molecule has 0 spiro atoms. The Balaban J connectivity index is 0.000000238. The van der Waals surface area contributed by atoms with Crippen molar-refractivity contribution in [2.75, 3.05) is 18.9 Å². The summed E-state index contributed by atoms with van der Waals surface area (Å²) in [6.45, 7) is 4.83. The summed E-state index contributed by atoms with van der Waals surface area (Å²) in [4.78, 5) is 23.9. The number of nitrogens with zero attached hydrogens (tertiary/aromatic N) is 2. The van der Waals surface area contributed by atoms with Gasteiger partial charge in [-0.05, 0) is 61.8 Å². The largest absolute Gasteiger partial charge is 0.380 e. The molecule has 1 aliphatic carbocycles. The molecule has 0 saturated carbocycles. The maximum atomic E-state index is 12.4. The van der Waals surface area contributed by atoms with Crippen LogP contribution >= 0.6 is 0 Å². The molecule has 0 fully saturated rings. The quantitative estimate of drug-likeness (QED) is 0.555. The summed E-state index contributed by atoms with van der Waals surface area (Å²) in [7, 11) is 1.56. The van der Waals surface area contributed by atoms with Gasteiger partial charge in [-0.25, -0.2) is 0 Å². The van der Waals surface area contributed by atoms with Gasteiger partial charge in [-0.2, -0.15) is 5.10 Å². The van der Waals surface area contributed by atoms with Crippen LogP contribution in [0.3, 0.4) is 0 Å². The molecule has 0 bridgehead atoms. The highest BCUT2D eigenvalue weighted by atomic mass is 16.2. The summed E-state index contributed by atoms with van der Waals surface area (Å²) in [5, 5.41) is 12.7. The second kappa shape index (κ2) is 11.3. The molecule has 4 rings (SSSR count). The Morgan fingerprint density at radius 2 is 2.00 bits per heavy atom. The van der Waals surface area contributed by atoms with Crippen LogP contribution in [0, 0.1) is 12.8 Å². The molecule has 32 heavy (non-hydrogen) atoms. The zero-order chi connectivity index (χ0) is 22.9. The highest BCUT2D eigenvalue weighted by Gasteiger charge is 2.15. The SMILES string of the molecule is CC1CCc2[nH]ncc2C1.CNC(=O)Cn1c(C)ccc(NCCc2ccccc2)c1=O. The number of hydrogen-bond acceptors (Lipinski definition) is 4. The van der Waals surface area contributed by atoms with E-state index in [1.807, 2.05) is 37.4 Å². The van der Waals surface area contributed by atoms with Crippen LogP contribution in [-0.2, 0) is 30.6 Å². The van der Waals surface area contributed by atoms with Crippen molar-refractivity contribution < 1.29 is 4.79 Å². The Labute approximate surface area is 189 Å². The minimum absolute atomic E-state index is 0.0371. The highest BCUT2D eigenvalue weighted by molar-refractivity contribution is 5.75. The topological polar surface area (TPSA) is 91.8 Å². The monoisotopic (exact) mass is 435 g/mol. The lowest BCUT2D eigenvalue weighted by atomic mass is 9.89. The van der Waals surface area contributed by atoms with Crippen molar-refractivity contribution in [3.8, 4) is 0 Å². The minimum Gasteiger partial charge on any atom is -0.380 e. The van der Waals surface area contributed by atoms with Crippen molar-refractivity contribution in [1.29, 1.82) is 0 Å². The molecule has 1 unspecified atom stereocenters. The number of pyridine rings is 1. The Morgan fingerprint density at radius 1 is 1.22 bits per heavy atom. The second-order valence-electron chi connectivity index (χ2n) is 8.34. The fourth-order valence-corrected chi connectivity index (χ4v) is 3.81. The highest BCUT2D eigenvalue weighted by Crippen LogP contribution is 2.22. The molecule has 0 saturated heterocycles. The Kier molecular flexibility index (Phi) is 8.25. The lowest BCUT2D eigenvalue weighted by molar-refractivity contribution is -0.121. The van der Waals surface area contributed by atoms with E-state index in [1.165, 1.54) is 40.7 Å². The first kappa shape index (κ1) is 23.3. The van der Waals surface area contributed by atoms with E-state index in [2.05, 4.69) is 39.9 Å². The molecule has 0 aliphatic heterocycles. The summed E-state index contributed by atoms with van der Waals surface area (Å²) in [5.74, 6) is 0.664. The van der Waals surface area contributed by atoms with Gasteiger partial charge >= 0.3 is 0 Å². The molecule has 1 amide bonds. The van der Waals surface area contributed by atoms with Gasteiger partial charge in [-0.3, -0.25) is 14.7 Å². The van der Waals surface area contributed by atoms with Crippen molar-refractivity contribution in [3.05, 3.63) is 81.5 Å². The Bertz CT molecular complexity index is 1070. The van der Waals surface area contributed by atoms with E-state index in [0.29, 0.717) is 12.2 Å². The van der Waals surface area contributed by atoms with Crippen molar-refractivity contribution in [2.45, 2.75) is 46.1 Å². The lowest BCUT2D eigenvalue weighted by Crippen LogP contribution is -2.32. The molecule has 1 atom stereocenters. The Hall–Kier alpha value is -3.35. The van der Waals surface area contributed by atoms with Gasteiger partial charge in [0.15, 0.2) is 0 Å². The van der Waals surface area contributed by atoms with E-state index in [-0.39, 0.29) is 18.0 Å². The molecule has 1 aromatic carbocycles. The van der Waals surface area contributed by atoms with Crippen molar-refractivity contribution in [1.82, 2.24) is 20.1 Å². The van der Waals surface area contributed by atoms with Gasteiger partial charge in [0.1, 0.15) is 12.2 Å².